The van der Waals surface area contributed by atoms with Crippen LogP contribution in [0.3, 0.4) is 0 Å². The maximum Gasteiger partial charge on any atom is 0.260 e. The Bertz CT molecular complexity index is 808. The van der Waals surface area contributed by atoms with Crippen molar-refractivity contribution in [1.82, 2.24) is 5.32 Å². The van der Waals surface area contributed by atoms with Crippen LogP contribution in [0.4, 0.5) is 8.78 Å². The smallest absolute Gasteiger partial charge is 0.260 e. The molecule has 2 aromatic rings. The number of amides is 1. The second kappa shape index (κ2) is 8.95. The fourth-order valence-electron chi connectivity index (χ4n) is 2.85. The van der Waals surface area contributed by atoms with Gasteiger partial charge in [0.2, 0.25) is 0 Å². The molecule has 146 valence electrons. The second-order valence-corrected chi connectivity index (χ2v) is 6.86. The molecule has 1 amide bonds. The molecule has 2 rings (SSSR count). The number of aliphatic hydroxyl groups is 1. The van der Waals surface area contributed by atoms with Gasteiger partial charge in [-0.1, -0.05) is 26.0 Å². The van der Waals surface area contributed by atoms with Crippen molar-refractivity contribution in [3.8, 4) is 5.75 Å². The van der Waals surface area contributed by atoms with Crippen molar-refractivity contribution in [3.05, 3.63) is 64.7 Å². The van der Waals surface area contributed by atoms with E-state index < -0.39 is 29.7 Å². The largest absolute Gasteiger partial charge is 0.481 e. The summed E-state index contributed by atoms with van der Waals surface area (Å²) in [6.07, 6.45) is -2.08. The van der Waals surface area contributed by atoms with Gasteiger partial charge in [-0.2, -0.15) is 0 Å². The number of carbonyl (C=O) groups excluding carboxylic acids is 1. The second-order valence-electron chi connectivity index (χ2n) is 6.86. The van der Waals surface area contributed by atoms with E-state index in [9.17, 15) is 18.7 Å². The number of benzene rings is 2. The van der Waals surface area contributed by atoms with Gasteiger partial charge in [-0.25, -0.2) is 8.78 Å². The number of rotatable bonds is 7. The number of ether oxygens (including phenoxy) is 1. The average molecular weight is 377 g/mol. The van der Waals surface area contributed by atoms with Crippen LogP contribution in [0.25, 0.3) is 0 Å². The monoisotopic (exact) mass is 377 g/mol. The summed E-state index contributed by atoms with van der Waals surface area (Å²) in [5, 5.41) is 12.5. The molecule has 2 aromatic carbocycles. The summed E-state index contributed by atoms with van der Waals surface area (Å²) in [6, 6.07) is 8.56. The third-order valence-corrected chi connectivity index (χ3v) is 4.34. The van der Waals surface area contributed by atoms with Crippen molar-refractivity contribution in [2.45, 2.75) is 45.8 Å². The first-order valence-electron chi connectivity index (χ1n) is 8.87. The van der Waals surface area contributed by atoms with Crippen LogP contribution < -0.4 is 10.1 Å². The van der Waals surface area contributed by atoms with E-state index in [1.54, 1.807) is 6.92 Å². The minimum atomic E-state index is -1.28. The van der Waals surface area contributed by atoms with Gasteiger partial charge in [-0.05, 0) is 49.1 Å². The highest BCUT2D eigenvalue weighted by atomic mass is 19.1. The highest BCUT2D eigenvalue weighted by Gasteiger charge is 2.19. The topological polar surface area (TPSA) is 58.6 Å². The van der Waals surface area contributed by atoms with Gasteiger partial charge in [-0.15, -0.1) is 0 Å². The Hall–Kier alpha value is -2.47. The third kappa shape index (κ3) is 5.50. The van der Waals surface area contributed by atoms with Crippen LogP contribution in [0.1, 0.15) is 49.5 Å². The lowest BCUT2D eigenvalue weighted by molar-refractivity contribution is -0.127. The summed E-state index contributed by atoms with van der Waals surface area (Å²) in [5.74, 6) is -1.06. The lowest BCUT2D eigenvalue weighted by Crippen LogP contribution is -2.38. The van der Waals surface area contributed by atoms with Crippen molar-refractivity contribution < 1.29 is 23.4 Å². The Balaban J connectivity index is 1.92. The average Bonchev–Trinajstić information content (AvgIpc) is 2.59. The van der Waals surface area contributed by atoms with E-state index in [0.29, 0.717) is 17.7 Å². The summed E-state index contributed by atoms with van der Waals surface area (Å²) in [5.41, 5.74) is 2.21. The molecule has 0 aliphatic heterocycles. The first kappa shape index (κ1) is 20.8. The number of carbonyl (C=O) groups is 1. The minimum absolute atomic E-state index is 0.0785. The maximum atomic E-state index is 13.7. The molecule has 0 aliphatic carbocycles. The van der Waals surface area contributed by atoms with Crippen LogP contribution in [0.15, 0.2) is 36.4 Å². The summed E-state index contributed by atoms with van der Waals surface area (Å²) in [6.45, 7) is 7.58. The first-order chi connectivity index (χ1) is 12.7. The molecule has 2 unspecified atom stereocenters. The molecule has 0 saturated carbocycles. The number of aliphatic hydroxyl groups excluding tert-OH is 1. The van der Waals surface area contributed by atoms with E-state index in [4.69, 9.17) is 4.74 Å². The van der Waals surface area contributed by atoms with Crippen LogP contribution in [0.2, 0.25) is 0 Å². The fourth-order valence-corrected chi connectivity index (χ4v) is 2.85. The maximum absolute atomic E-state index is 13.7. The number of halogens is 2. The zero-order valence-electron chi connectivity index (χ0n) is 15.9. The lowest BCUT2D eigenvalue weighted by Gasteiger charge is -2.18. The van der Waals surface area contributed by atoms with E-state index >= 15 is 0 Å². The molecule has 0 aromatic heterocycles. The number of hydrogen-bond donors (Lipinski definition) is 2. The third-order valence-electron chi connectivity index (χ3n) is 4.34. The lowest BCUT2D eigenvalue weighted by atomic mass is 9.98. The zero-order chi connectivity index (χ0) is 20.1. The van der Waals surface area contributed by atoms with Crippen LogP contribution in [0, 0.1) is 18.6 Å². The molecule has 27 heavy (non-hydrogen) atoms. The van der Waals surface area contributed by atoms with Crippen LogP contribution in [0.5, 0.6) is 5.75 Å². The fraction of sp³-hybridized carbons (Fsp3) is 0.381. The van der Waals surface area contributed by atoms with Gasteiger partial charge in [0.25, 0.3) is 5.91 Å². The number of hydrogen-bond acceptors (Lipinski definition) is 3. The SMILES string of the molecule is Cc1cc(OC(C)C(=O)NCC(O)c2ccc(F)cc2F)ccc1C(C)C. The Morgan fingerprint density at radius 2 is 1.78 bits per heavy atom. The van der Waals surface area contributed by atoms with Gasteiger partial charge in [0.1, 0.15) is 17.4 Å². The Kier molecular flexibility index (Phi) is 6.91. The van der Waals surface area contributed by atoms with Gasteiger partial charge in [0.05, 0.1) is 6.10 Å². The quantitative estimate of drug-likeness (QED) is 0.766. The Morgan fingerprint density at radius 1 is 1.11 bits per heavy atom. The molecule has 0 fully saturated rings. The van der Waals surface area contributed by atoms with Crippen molar-refractivity contribution in [2.24, 2.45) is 0 Å². The Morgan fingerprint density at radius 3 is 2.37 bits per heavy atom. The molecule has 2 atom stereocenters. The van der Waals surface area contributed by atoms with Crippen LogP contribution >= 0.6 is 0 Å². The molecule has 0 radical (unpaired) electrons. The van der Waals surface area contributed by atoms with Crippen molar-refractivity contribution in [2.75, 3.05) is 6.54 Å². The predicted molar refractivity (Wildman–Crippen MR) is 99.7 cm³/mol. The van der Waals surface area contributed by atoms with Gasteiger partial charge in [-0.3, -0.25) is 4.79 Å². The molecule has 0 bridgehead atoms. The normalized spacial score (nSPS) is 13.3. The molecular formula is C21H25F2NO3. The molecule has 2 N–H and O–H groups in total. The highest BCUT2D eigenvalue weighted by molar-refractivity contribution is 5.80. The van der Waals surface area contributed by atoms with E-state index in [1.165, 1.54) is 5.56 Å². The standard InChI is InChI=1S/C21H25F2NO3/c1-12(2)17-8-6-16(9-13(17)3)27-14(4)21(26)24-11-20(25)18-7-5-15(22)10-19(18)23/h5-10,12,14,20,25H,11H2,1-4H3,(H,24,26). The van der Waals surface area contributed by atoms with Gasteiger partial charge in [0.15, 0.2) is 6.10 Å². The van der Waals surface area contributed by atoms with Gasteiger partial charge >= 0.3 is 0 Å². The van der Waals surface area contributed by atoms with Gasteiger partial charge < -0.3 is 15.2 Å². The van der Waals surface area contributed by atoms with Crippen molar-refractivity contribution >= 4 is 5.91 Å². The molecule has 4 nitrogen and oxygen atoms in total. The number of aryl methyl sites for hydroxylation is 1. The predicted octanol–water partition coefficient (Wildman–Crippen LogP) is 4.01. The first-order valence-corrected chi connectivity index (χ1v) is 8.87. The molecule has 6 heteroatoms. The van der Waals surface area contributed by atoms with Gasteiger partial charge in [0, 0.05) is 18.2 Å². The summed E-state index contributed by atoms with van der Waals surface area (Å²) in [4.78, 5) is 12.2. The van der Waals surface area contributed by atoms with E-state index in [1.807, 2.05) is 25.1 Å². The molecular weight excluding hydrogens is 352 g/mol. The molecule has 0 spiro atoms. The minimum Gasteiger partial charge on any atom is -0.481 e. The molecule has 0 heterocycles. The van der Waals surface area contributed by atoms with Crippen molar-refractivity contribution in [3.63, 3.8) is 0 Å². The summed E-state index contributed by atoms with van der Waals surface area (Å²) >= 11 is 0. The van der Waals surface area contributed by atoms with E-state index in [2.05, 4.69) is 19.2 Å². The van der Waals surface area contributed by atoms with E-state index in [0.717, 1.165) is 17.7 Å². The summed E-state index contributed by atoms with van der Waals surface area (Å²) < 4.78 is 32.2. The van der Waals surface area contributed by atoms with Crippen LogP contribution in [-0.2, 0) is 4.79 Å². The molecule has 0 aliphatic rings. The zero-order valence-corrected chi connectivity index (χ0v) is 15.9. The van der Waals surface area contributed by atoms with Crippen LogP contribution in [-0.4, -0.2) is 23.7 Å². The highest BCUT2D eigenvalue weighted by Crippen LogP contribution is 2.24. The van der Waals surface area contributed by atoms with E-state index in [-0.39, 0.29) is 12.1 Å². The molecule has 0 saturated heterocycles. The summed E-state index contributed by atoms with van der Waals surface area (Å²) in [7, 11) is 0. The van der Waals surface area contributed by atoms with Crippen molar-refractivity contribution in [1.29, 1.82) is 0 Å². The number of nitrogens with one attached hydrogen (secondary N) is 1. The Labute approximate surface area is 158 Å².